The largest absolute Gasteiger partial charge is 0.481 e. The Bertz CT molecular complexity index is 917. The van der Waals surface area contributed by atoms with Crippen LogP contribution in [0.2, 0.25) is 10.0 Å². The molecule has 0 saturated heterocycles. The third kappa shape index (κ3) is 6.12. The maximum absolute atomic E-state index is 13.4. The first kappa shape index (κ1) is 24.0. The molecule has 0 unspecified atom stereocenters. The van der Waals surface area contributed by atoms with Crippen molar-refractivity contribution >= 4 is 40.8 Å². The predicted octanol–water partition coefficient (Wildman–Crippen LogP) is 6.49. The number of carboxylic acids is 1. The first-order valence-electron chi connectivity index (χ1n) is 9.04. The molecule has 0 radical (unpaired) electrons. The number of halogens is 5. The molecule has 30 heavy (non-hydrogen) atoms. The fourth-order valence-corrected chi connectivity index (χ4v) is 3.35. The van der Waals surface area contributed by atoms with Crippen LogP contribution in [0.5, 0.6) is 0 Å². The van der Waals surface area contributed by atoms with Crippen LogP contribution in [0.15, 0.2) is 42.5 Å². The second-order valence-electron chi connectivity index (χ2n) is 7.09. The number of benzene rings is 2. The van der Waals surface area contributed by atoms with Crippen LogP contribution < -0.4 is 5.32 Å². The molecule has 2 aromatic carbocycles. The van der Waals surface area contributed by atoms with E-state index in [1.165, 1.54) is 36.4 Å². The average Bonchev–Trinajstić information content (AvgIpc) is 2.63. The molecule has 162 valence electrons. The smallest absolute Gasteiger partial charge is 0.392 e. The minimum Gasteiger partial charge on any atom is -0.481 e. The number of carbonyl (C=O) groups is 2. The van der Waals surface area contributed by atoms with Gasteiger partial charge in [-0.25, -0.2) is 0 Å². The molecular weight excluding hydrogens is 442 g/mol. The molecule has 0 bridgehead atoms. The van der Waals surface area contributed by atoms with Gasteiger partial charge in [0.1, 0.15) is 0 Å². The lowest BCUT2D eigenvalue weighted by Gasteiger charge is -2.26. The van der Waals surface area contributed by atoms with Gasteiger partial charge in [-0.05, 0) is 41.3 Å². The summed E-state index contributed by atoms with van der Waals surface area (Å²) < 4.78 is 40.3. The number of carbonyl (C=O) groups excluding carboxylic acids is 1. The molecule has 2 rings (SSSR count). The van der Waals surface area contributed by atoms with Crippen molar-refractivity contribution in [1.29, 1.82) is 0 Å². The zero-order chi connectivity index (χ0) is 22.6. The summed E-state index contributed by atoms with van der Waals surface area (Å²) in [6.07, 6.45) is -4.75. The van der Waals surface area contributed by atoms with Gasteiger partial charge in [0, 0.05) is 5.02 Å². The quantitative estimate of drug-likeness (QED) is 0.494. The van der Waals surface area contributed by atoms with Gasteiger partial charge in [-0.15, -0.1) is 0 Å². The Morgan fingerprint density at radius 1 is 1.03 bits per heavy atom. The molecule has 0 spiro atoms. The first-order valence-corrected chi connectivity index (χ1v) is 9.80. The first-order chi connectivity index (χ1) is 13.9. The number of hydrogen-bond donors (Lipinski definition) is 2. The summed E-state index contributed by atoms with van der Waals surface area (Å²) in [5.41, 5.74) is 0.863. The van der Waals surface area contributed by atoms with Crippen molar-refractivity contribution in [3.63, 3.8) is 0 Å². The maximum atomic E-state index is 13.4. The molecular formula is C21H20Cl2F3NO3. The van der Waals surface area contributed by atoms with Crippen molar-refractivity contribution in [3.05, 3.63) is 63.6 Å². The molecule has 0 aliphatic rings. The molecule has 0 aliphatic carbocycles. The van der Waals surface area contributed by atoms with E-state index in [2.05, 4.69) is 5.32 Å². The van der Waals surface area contributed by atoms with Gasteiger partial charge in [-0.2, -0.15) is 13.2 Å². The zero-order valence-electron chi connectivity index (χ0n) is 16.1. The Morgan fingerprint density at radius 3 is 2.13 bits per heavy atom. The van der Waals surface area contributed by atoms with Gasteiger partial charge in [0.05, 0.1) is 29.0 Å². The van der Waals surface area contributed by atoms with Crippen LogP contribution in [0.1, 0.15) is 43.2 Å². The van der Waals surface area contributed by atoms with Gasteiger partial charge in [0.2, 0.25) is 5.91 Å². The van der Waals surface area contributed by atoms with E-state index in [1.54, 1.807) is 13.0 Å². The predicted molar refractivity (Wildman–Crippen MR) is 110 cm³/mol. The lowest BCUT2D eigenvalue weighted by Crippen LogP contribution is -2.34. The van der Waals surface area contributed by atoms with Gasteiger partial charge in [-0.1, -0.05) is 55.2 Å². The highest BCUT2D eigenvalue weighted by Gasteiger charge is 2.45. The van der Waals surface area contributed by atoms with Crippen LogP contribution in [-0.4, -0.2) is 23.2 Å². The molecule has 9 heteroatoms. The van der Waals surface area contributed by atoms with Gasteiger partial charge < -0.3 is 10.4 Å². The Hall–Kier alpha value is -2.25. The molecule has 4 nitrogen and oxygen atoms in total. The van der Waals surface area contributed by atoms with E-state index in [1.807, 2.05) is 0 Å². The van der Waals surface area contributed by atoms with Crippen molar-refractivity contribution < 1.29 is 27.9 Å². The van der Waals surface area contributed by atoms with Crippen molar-refractivity contribution in [1.82, 2.24) is 0 Å². The summed E-state index contributed by atoms with van der Waals surface area (Å²) in [5, 5.41) is 11.9. The van der Waals surface area contributed by atoms with Crippen molar-refractivity contribution in [2.75, 3.05) is 5.32 Å². The maximum Gasteiger partial charge on any atom is 0.392 e. The second kappa shape index (κ2) is 9.71. The van der Waals surface area contributed by atoms with Crippen LogP contribution in [0.3, 0.4) is 0 Å². The van der Waals surface area contributed by atoms with Crippen LogP contribution in [0.25, 0.3) is 0 Å². The highest BCUT2D eigenvalue weighted by molar-refractivity contribution is 6.33. The van der Waals surface area contributed by atoms with E-state index in [-0.39, 0.29) is 28.6 Å². The number of amides is 1. The van der Waals surface area contributed by atoms with E-state index in [0.29, 0.717) is 10.6 Å². The van der Waals surface area contributed by atoms with Gasteiger partial charge in [0.15, 0.2) is 0 Å². The highest BCUT2D eigenvalue weighted by Crippen LogP contribution is 2.39. The topological polar surface area (TPSA) is 66.4 Å². The molecule has 2 N–H and O–H groups in total. The fraction of sp³-hybridized carbons (Fsp3) is 0.333. The van der Waals surface area contributed by atoms with E-state index in [4.69, 9.17) is 28.3 Å². The van der Waals surface area contributed by atoms with Crippen molar-refractivity contribution in [2.45, 2.75) is 38.3 Å². The summed E-state index contributed by atoms with van der Waals surface area (Å²) in [4.78, 5) is 23.8. The van der Waals surface area contributed by atoms with Crippen LogP contribution in [0.4, 0.5) is 18.9 Å². The lowest BCUT2D eigenvalue weighted by molar-refractivity contribution is -0.178. The van der Waals surface area contributed by atoms with Crippen LogP contribution in [-0.2, 0) is 9.59 Å². The minimum absolute atomic E-state index is 0.116. The molecule has 2 aromatic rings. The molecule has 0 aromatic heterocycles. The Balaban J connectivity index is 2.37. The van der Waals surface area contributed by atoms with Crippen LogP contribution >= 0.6 is 23.2 Å². The molecule has 0 saturated carbocycles. The summed E-state index contributed by atoms with van der Waals surface area (Å²) in [6.45, 7) is 2.62. The average molecular weight is 462 g/mol. The molecule has 0 fully saturated rings. The summed E-state index contributed by atoms with van der Waals surface area (Å²) in [7, 11) is 0. The number of alkyl halides is 3. The normalized spacial score (nSPS) is 14.6. The van der Waals surface area contributed by atoms with Gasteiger partial charge in [0.25, 0.3) is 0 Å². The standard InChI is InChI=1S/C21H20Cl2F3NO3/c1-11(9-18(28)29)14-5-8-16(23)17(10-14)27-20(30)19(12(2)21(24,25)26)13-3-6-15(22)7-4-13/h3-8,10-12,19H,9H2,1-2H3,(H,27,30)(H,28,29)/t11-,12+,19-/m0/s1. The number of hydrogen-bond acceptors (Lipinski definition) is 2. The summed E-state index contributed by atoms with van der Waals surface area (Å²) in [6, 6.07) is 10.1. The number of rotatable bonds is 7. The van der Waals surface area contributed by atoms with Gasteiger partial charge in [-0.3, -0.25) is 9.59 Å². The van der Waals surface area contributed by atoms with E-state index in [0.717, 1.165) is 6.92 Å². The Morgan fingerprint density at radius 2 is 1.60 bits per heavy atom. The van der Waals surface area contributed by atoms with Crippen molar-refractivity contribution in [2.24, 2.45) is 5.92 Å². The number of aliphatic carboxylic acids is 1. The van der Waals surface area contributed by atoms with E-state index >= 15 is 0 Å². The lowest BCUT2D eigenvalue weighted by atomic mass is 9.85. The minimum atomic E-state index is -4.61. The SMILES string of the molecule is C[C@H]([C@H](C(=O)Nc1cc([C@@H](C)CC(=O)O)ccc1Cl)c1ccc(Cl)cc1)C(F)(F)F. The van der Waals surface area contributed by atoms with E-state index in [9.17, 15) is 22.8 Å². The molecule has 3 atom stereocenters. The Kier molecular flexibility index (Phi) is 7.77. The number of nitrogens with one attached hydrogen (secondary N) is 1. The van der Waals surface area contributed by atoms with Gasteiger partial charge >= 0.3 is 12.1 Å². The molecule has 0 heterocycles. The third-order valence-corrected chi connectivity index (χ3v) is 5.41. The fourth-order valence-electron chi connectivity index (χ4n) is 3.06. The zero-order valence-corrected chi connectivity index (χ0v) is 17.6. The van der Waals surface area contributed by atoms with E-state index < -0.39 is 29.9 Å². The monoisotopic (exact) mass is 461 g/mol. The molecule has 0 aliphatic heterocycles. The number of anilines is 1. The number of carboxylic acid groups (broad SMARTS) is 1. The van der Waals surface area contributed by atoms with Crippen LogP contribution in [0, 0.1) is 5.92 Å². The third-order valence-electron chi connectivity index (χ3n) is 4.83. The second-order valence-corrected chi connectivity index (χ2v) is 7.93. The molecule has 1 amide bonds. The highest BCUT2D eigenvalue weighted by atomic mass is 35.5. The Labute approximate surface area is 182 Å². The summed E-state index contributed by atoms with van der Waals surface area (Å²) in [5.74, 6) is -5.75. The van der Waals surface area contributed by atoms with Crippen molar-refractivity contribution in [3.8, 4) is 0 Å². The summed E-state index contributed by atoms with van der Waals surface area (Å²) >= 11 is 11.9.